The number of esters is 1. The van der Waals surface area contributed by atoms with Gasteiger partial charge in [0.1, 0.15) is 0 Å². The molecule has 1 aromatic heterocycles. The van der Waals surface area contributed by atoms with Crippen molar-refractivity contribution in [2.24, 2.45) is 0 Å². The van der Waals surface area contributed by atoms with Crippen molar-refractivity contribution in [3.63, 3.8) is 0 Å². The smallest absolute Gasteiger partial charge is 0.338 e. The Balaban J connectivity index is 2.01. The van der Waals surface area contributed by atoms with Crippen molar-refractivity contribution in [2.75, 3.05) is 11.9 Å². The Labute approximate surface area is 127 Å². The fraction of sp³-hybridized carbons (Fsp3) is 0.250. The number of anilines is 1. The molecule has 5 heteroatoms. The van der Waals surface area contributed by atoms with Gasteiger partial charge in [0.15, 0.2) is 0 Å². The van der Waals surface area contributed by atoms with Gasteiger partial charge >= 0.3 is 5.97 Å². The van der Waals surface area contributed by atoms with E-state index in [0.717, 1.165) is 12.0 Å². The van der Waals surface area contributed by atoms with E-state index >= 15 is 0 Å². The van der Waals surface area contributed by atoms with Crippen molar-refractivity contribution < 1.29 is 14.3 Å². The van der Waals surface area contributed by atoms with Gasteiger partial charge in [0.2, 0.25) is 0 Å². The summed E-state index contributed by atoms with van der Waals surface area (Å²) in [5, 5.41) is 4.70. The van der Waals surface area contributed by atoms with Gasteiger partial charge in [0, 0.05) is 5.69 Å². The Morgan fingerprint density at radius 1 is 1.19 bits per heavy atom. The van der Waals surface area contributed by atoms with Gasteiger partial charge in [0.25, 0.3) is 5.91 Å². The molecule has 0 unspecified atom stereocenters. The fourth-order valence-corrected chi connectivity index (χ4v) is 2.58. The Morgan fingerprint density at radius 3 is 2.48 bits per heavy atom. The van der Waals surface area contributed by atoms with Crippen molar-refractivity contribution >= 4 is 28.9 Å². The first kappa shape index (κ1) is 15.3. The molecule has 0 fully saturated rings. The number of amides is 1. The highest BCUT2D eigenvalue weighted by Gasteiger charge is 2.11. The van der Waals surface area contributed by atoms with E-state index in [2.05, 4.69) is 5.32 Å². The molecule has 1 aromatic carbocycles. The molecule has 2 aromatic rings. The van der Waals surface area contributed by atoms with Crippen LogP contribution >= 0.6 is 11.3 Å². The lowest BCUT2D eigenvalue weighted by Crippen LogP contribution is -2.11. The zero-order chi connectivity index (χ0) is 15.2. The van der Waals surface area contributed by atoms with E-state index < -0.39 is 0 Å². The van der Waals surface area contributed by atoms with Gasteiger partial charge in [-0.25, -0.2) is 4.79 Å². The maximum absolute atomic E-state index is 12.1. The molecule has 0 saturated carbocycles. The molecule has 1 N–H and O–H groups in total. The summed E-state index contributed by atoms with van der Waals surface area (Å²) >= 11 is 1.41. The molecule has 0 saturated heterocycles. The van der Waals surface area contributed by atoms with Crippen LogP contribution in [0.4, 0.5) is 5.69 Å². The molecule has 1 amide bonds. The van der Waals surface area contributed by atoms with Crippen LogP contribution in [-0.4, -0.2) is 18.5 Å². The first-order chi connectivity index (χ1) is 10.1. The Morgan fingerprint density at radius 2 is 1.90 bits per heavy atom. The average Bonchev–Trinajstić information content (AvgIpc) is 2.91. The molecule has 0 bridgehead atoms. The summed E-state index contributed by atoms with van der Waals surface area (Å²) in [7, 11) is 0. The van der Waals surface area contributed by atoms with Crippen LogP contribution in [0.15, 0.2) is 35.7 Å². The molecule has 0 atom stereocenters. The minimum absolute atomic E-state index is 0.135. The predicted molar refractivity (Wildman–Crippen MR) is 84.0 cm³/mol. The summed E-state index contributed by atoms with van der Waals surface area (Å²) in [4.78, 5) is 24.4. The van der Waals surface area contributed by atoms with E-state index in [1.807, 2.05) is 25.3 Å². The van der Waals surface area contributed by atoms with Crippen LogP contribution in [0.2, 0.25) is 0 Å². The summed E-state index contributed by atoms with van der Waals surface area (Å²) in [5.74, 6) is -0.479. The zero-order valence-corrected chi connectivity index (χ0v) is 12.8. The Bertz CT molecular complexity index is 631. The summed E-state index contributed by atoms with van der Waals surface area (Å²) in [5.41, 5.74) is 2.09. The number of hydrogen-bond acceptors (Lipinski definition) is 4. The molecule has 0 aliphatic rings. The number of ether oxygens (including phenoxy) is 1. The molecule has 1 heterocycles. The summed E-state index contributed by atoms with van der Waals surface area (Å²) < 4.78 is 5.05. The first-order valence-electron chi connectivity index (χ1n) is 6.74. The third-order valence-electron chi connectivity index (χ3n) is 2.88. The predicted octanol–water partition coefficient (Wildman–Crippen LogP) is 3.88. The molecule has 0 spiro atoms. The highest BCUT2D eigenvalue weighted by Crippen LogP contribution is 2.18. The lowest BCUT2D eigenvalue weighted by atomic mass is 10.2. The molecule has 110 valence electrons. The van der Waals surface area contributed by atoms with Gasteiger partial charge in [-0.15, -0.1) is 11.3 Å². The normalized spacial score (nSPS) is 10.2. The van der Waals surface area contributed by atoms with E-state index in [1.54, 1.807) is 24.3 Å². The maximum Gasteiger partial charge on any atom is 0.338 e. The number of carbonyl (C=O) groups is 2. The van der Waals surface area contributed by atoms with Gasteiger partial charge in [-0.3, -0.25) is 4.79 Å². The second kappa shape index (κ2) is 7.04. The maximum atomic E-state index is 12.1. The SMILES string of the molecule is CCCOC(=O)c1ccc(NC(=O)c2sccc2C)cc1. The molecular weight excluding hydrogens is 286 g/mol. The van der Waals surface area contributed by atoms with Gasteiger partial charge in [0.05, 0.1) is 17.0 Å². The number of benzene rings is 1. The van der Waals surface area contributed by atoms with Crippen LogP contribution < -0.4 is 5.32 Å². The number of carbonyl (C=O) groups excluding carboxylic acids is 2. The average molecular weight is 303 g/mol. The van der Waals surface area contributed by atoms with Crippen LogP contribution in [0.5, 0.6) is 0 Å². The number of rotatable bonds is 5. The molecule has 2 rings (SSSR count). The van der Waals surface area contributed by atoms with Gasteiger partial charge in [-0.05, 0) is 54.6 Å². The molecule has 0 aliphatic heterocycles. The van der Waals surface area contributed by atoms with Gasteiger partial charge in [-0.2, -0.15) is 0 Å². The largest absolute Gasteiger partial charge is 0.462 e. The van der Waals surface area contributed by atoms with E-state index in [0.29, 0.717) is 22.7 Å². The Kier molecular flexibility index (Phi) is 5.11. The topological polar surface area (TPSA) is 55.4 Å². The first-order valence-corrected chi connectivity index (χ1v) is 7.62. The van der Waals surface area contributed by atoms with Crippen LogP contribution in [0.25, 0.3) is 0 Å². The van der Waals surface area contributed by atoms with Crippen molar-refractivity contribution in [3.8, 4) is 0 Å². The second-order valence-corrected chi connectivity index (χ2v) is 5.52. The zero-order valence-electron chi connectivity index (χ0n) is 12.0. The number of hydrogen-bond donors (Lipinski definition) is 1. The summed E-state index contributed by atoms with van der Waals surface area (Å²) in [6.45, 7) is 4.26. The van der Waals surface area contributed by atoms with Crippen molar-refractivity contribution in [3.05, 3.63) is 51.7 Å². The van der Waals surface area contributed by atoms with Crippen molar-refractivity contribution in [1.29, 1.82) is 0 Å². The summed E-state index contributed by atoms with van der Waals surface area (Å²) in [6, 6.07) is 8.60. The fourth-order valence-electron chi connectivity index (χ4n) is 1.76. The molecule has 0 radical (unpaired) electrons. The van der Waals surface area contributed by atoms with E-state index in [4.69, 9.17) is 4.74 Å². The number of aryl methyl sites for hydroxylation is 1. The third-order valence-corrected chi connectivity index (χ3v) is 3.90. The van der Waals surface area contributed by atoms with E-state index in [9.17, 15) is 9.59 Å². The van der Waals surface area contributed by atoms with Gasteiger partial charge in [-0.1, -0.05) is 6.92 Å². The molecule has 4 nitrogen and oxygen atoms in total. The molecule has 21 heavy (non-hydrogen) atoms. The minimum Gasteiger partial charge on any atom is -0.462 e. The monoisotopic (exact) mass is 303 g/mol. The van der Waals surface area contributed by atoms with Crippen molar-refractivity contribution in [2.45, 2.75) is 20.3 Å². The lowest BCUT2D eigenvalue weighted by molar-refractivity contribution is 0.0505. The van der Waals surface area contributed by atoms with Crippen LogP contribution in [-0.2, 0) is 4.74 Å². The van der Waals surface area contributed by atoms with Crippen LogP contribution in [0.3, 0.4) is 0 Å². The molecular formula is C16H17NO3S. The van der Waals surface area contributed by atoms with Gasteiger partial charge < -0.3 is 10.1 Å². The van der Waals surface area contributed by atoms with Crippen LogP contribution in [0, 0.1) is 6.92 Å². The highest BCUT2D eigenvalue weighted by molar-refractivity contribution is 7.12. The van der Waals surface area contributed by atoms with E-state index in [1.165, 1.54) is 11.3 Å². The lowest BCUT2D eigenvalue weighted by Gasteiger charge is -2.06. The number of thiophene rings is 1. The van der Waals surface area contributed by atoms with Crippen LogP contribution in [0.1, 0.15) is 38.9 Å². The summed E-state index contributed by atoms with van der Waals surface area (Å²) in [6.07, 6.45) is 0.792. The number of nitrogens with one attached hydrogen (secondary N) is 1. The standard InChI is InChI=1S/C16H17NO3S/c1-3-9-20-16(19)12-4-6-13(7-5-12)17-15(18)14-11(2)8-10-21-14/h4-8,10H,3,9H2,1-2H3,(H,17,18). The van der Waals surface area contributed by atoms with E-state index in [-0.39, 0.29) is 11.9 Å². The highest BCUT2D eigenvalue weighted by atomic mass is 32.1. The van der Waals surface area contributed by atoms with Crippen molar-refractivity contribution in [1.82, 2.24) is 0 Å². The Hall–Kier alpha value is -2.14. The second-order valence-electron chi connectivity index (χ2n) is 4.60. The third kappa shape index (κ3) is 3.92. The molecule has 0 aliphatic carbocycles. The minimum atomic E-state index is -0.344. The quantitative estimate of drug-likeness (QED) is 0.853.